The Kier molecular flexibility index (Phi) is 3.90. The van der Waals surface area contributed by atoms with Crippen LogP contribution in [-0.2, 0) is 15.2 Å². The van der Waals surface area contributed by atoms with Crippen molar-refractivity contribution in [1.29, 1.82) is 0 Å². The fraction of sp³-hybridized carbons (Fsp3) is 0.300. The Morgan fingerprint density at radius 2 is 1.76 bits per heavy atom. The Balaban J connectivity index is 2.17. The van der Waals surface area contributed by atoms with E-state index in [2.05, 4.69) is 0 Å². The number of ether oxygens (including phenoxy) is 1. The summed E-state index contributed by atoms with van der Waals surface area (Å²) in [5, 5.41) is 0. The lowest BCUT2D eigenvalue weighted by Crippen LogP contribution is -2.44. The lowest BCUT2D eigenvalue weighted by Gasteiger charge is -2.24. The summed E-state index contributed by atoms with van der Waals surface area (Å²) in [7, 11) is 0. The average molecular weight is 341 g/mol. The van der Waals surface area contributed by atoms with E-state index in [1.807, 2.05) is 6.92 Å². The minimum atomic E-state index is -2.42. The number of carbonyl (C=O) groups excluding carboxylic acids is 2. The third-order valence-electron chi connectivity index (χ3n) is 4.01. The fourth-order valence-electron chi connectivity index (χ4n) is 2.94. The van der Waals surface area contributed by atoms with Crippen molar-refractivity contribution in [2.45, 2.75) is 39.0 Å². The average Bonchev–Trinajstić information content (AvgIpc) is 2.76. The zero-order chi connectivity index (χ0) is 18.4. The molecule has 0 radical (unpaired) electrons. The SMILES string of the molecule is Cc1ccc2c(c1)[C@@](F)(c1ccccc1)C(=O)N2C(=O)OC(C)(C)C. The quantitative estimate of drug-likeness (QED) is 0.768. The van der Waals surface area contributed by atoms with Gasteiger partial charge >= 0.3 is 6.09 Å². The Bertz CT molecular complexity index is 842. The van der Waals surface area contributed by atoms with Crippen LogP contribution in [0.4, 0.5) is 14.9 Å². The minimum absolute atomic E-state index is 0.162. The Morgan fingerprint density at radius 1 is 1.12 bits per heavy atom. The van der Waals surface area contributed by atoms with Crippen LogP contribution >= 0.6 is 0 Å². The van der Waals surface area contributed by atoms with Gasteiger partial charge in [0.05, 0.1) is 5.69 Å². The number of fused-ring (bicyclic) bond motifs is 1. The number of aryl methyl sites for hydroxylation is 1. The maximum absolute atomic E-state index is 16.1. The van der Waals surface area contributed by atoms with E-state index in [4.69, 9.17) is 4.74 Å². The summed E-state index contributed by atoms with van der Waals surface area (Å²) in [6.07, 6.45) is -0.877. The monoisotopic (exact) mass is 341 g/mol. The molecule has 0 bridgehead atoms. The first-order valence-corrected chi connectivity index (χ1v) is 8.08. The first-order valence-electron chi connectivity index (χ1n) is 8.08. The van der Waals surface area contributed by atoms with E-state index >= 15 is 4.39 Å². The molecule has 2 aromatic carbocycles. The summed E-state index contributed by atoms with van der Waals surface area (Å²) < 4.78 is 21.4. The number of nitrogens with zero attached hydrogens (tertiary/aromatic N) is 1. The number of amides is 2. The summed E-state index contributed by atoms with van der Waals surface area (Å²) in [5.74, 6) is -0.950. The first-order chi connectivity index (χ1) is 11.6. The minimum Gasteiger partial charge on any atom is -0.443 e. The van der Waals surface area contributed by atoms with Gasteiger partial charge in [-0.05, 0) is 39.8 Å². The van der Waals surface area contributed by atoms with Gasteiger partial charge in [-0.2, -0.15) is 0 Å². The molecule has 1 aliphatic heterocycles. The van der Waals surface area contributed by atoms with Crippen molar-refractivity contribution in [1.82, 2.24) is 0 Å². The molecular weight excluding hydrogens is 321 g/mol. The largest absolute Gasteiger partial charge is 0.443 e. The number of carbonyl (C=O) groups is 2. The lowest BCUT2D eigenvalue weighted by molar-refractivity contribution is -0.126. The van der Waals surface area contributed by atoms with Gasteiger partial charge in [-0.15, -0.1) is 0 Å². The molecular formula is C20H20FNO3. The molecule has 5 heteroatoms. The maximum Gasteiger partial charge on any atom is 0.421 e. The van der Waals surface area contributed by atoms with E-state index in [0.29, 0.717) is 0 Å². The molecule has 1 heterocycles. The highest BCUT2D eigenvalue weighted by Crippen LogP contribution is 2.48. The van der Waals surface area contributed by atoms with Crippen LogP contribution in [-0.4, -0.2) is 17.6 Å². The highest BCUT2D eigenvalue weighted by atomic mass is 19.1. The van der Waals surface area contributed by atoms with Gasteiger partial charge in [0, 0.05) is 11.1 Å². The summed E-state index contributed by atoms with van der Waals surface area (Å²) in [4.78, 5) is 26.3. The number of hydrogen-bond donors (Lipinski definition) is 0. The van der Waals surface area contributed by atoms with Crippen LogP contribution in [0.2, 0.25) is 0 Å². The molecule has 25 heavy (non-hydrogen) atoms. The first kappa shape index (κ1) is 17.1. The number of rotatable bonds is 1. The van der Waals surface area contributed by atoms with Crippen LogP contribution in [0.25, 0.3) is 0 Å². The Labute approximate surface area is 146 Å². The molecule has 0 saturated heterocycles. The van der Waals surface area contributed by atoms with Gasteiger partial charge in [0.15, 0.2) is 0 Å². The molecule has 3 rings (SSSR count). The van der Waals surface area contributed by atoms with Crippen LogP contribution in [0.1, 0.15) is 37.5 Å². The number of alkyl halides is 1. The highest BCUT2D eigenvalue weighted by molar-refractivity contribution is 6.21. The molecule has 2 amide bonds. The van der Waals surface area contributed by atoms with Gasteiger partial charge in [-0.1, -0.05) is 42.0 Å². The smallest absolute Gasteiger partial charge is 0.421 e. The van der Waals surface area contributed by atoms with Crippen LogP contribution in [0.5, 0.6) is 0 Å². The van der Waals surface area contributed by atoms with Gasteiger partial charge in [0.1, 0.15) is 5.60 Å². The molecule has 1 aliphatic rings. The van der Waals surface area contributed by atoms with Crippen LogP contribution in [0.15, 0.2) is 48.5 Å². The van der Waals surface area contributed by atoms with Crippen LogP contribution < -0.4 is 4.90 Å². The summed E-state index contributed by atoms with van der Waals surface area (Å²) in [6, 6.07) is 13.1. The second-order valence-corrected chi connectivity index (χ2v) is 7.17. The molecule has 4 nitrogen and oxygen atoms in total. The van der Waals surface area contributed by atoms with Crippen LogP contribution in [0.3, 0.4) is 0 Å². The summed E-state index contributed by atoms with van der Waals surface area (Å²) in [6.45, 7) is 6.90. The van der Waals surface area contributed by atoms with E-state index in [-0.39, 0.29) is 16.8 Å². The maximum atomic E-state index is 16.1. The van der Waals surface area contributed by atoms with Crippen molar-refractivity contribution in [3.63, 3.8) is 0 Å². The van der Waals surface area contributed by atoms with Gasteiger partial charge in [0.2, 0.25) is 5.67 Å². The molecule has 0 aromatic heterocycles. The van der Waals surface area contributed by atoms with Crippen molar-refractivity contribution in [3.8, 4) is 0 Å². The van der Waals surface area contributed by atoms with Gasteiger partial charge in [-0.3, -0.25) is 4.79 Å². The second kappa shape index (κ2) is 5.69. The van der Waals surface area contributed by atoms with Crippen molar-refractivity contribution >= 4 is 17.7 Å². The number of benzene rings is 2. The number of halogens is 1. The van der Waals surface area contributed by atoms with Crippen LogP contribution in [0, 0.1) is 6.92 Å². The van der Waals surface area contributed by atoms with E-state index in [1.165, 1.54) is 0 Å². The lowest BCUT2D eigenvalue weighted by atomic mass is 9.88. The van der Waals surface area contributed by atoms with Crippen molar-refractivity contribution < 1.29 is 18.7 Å². The molecule has 0 spiro atoms. The normalized spacial score (nSPS) is 19.7. The Morgan fingerprint density at radius 3 is 2.36 bits per heavy atom. The highest BCUT2D eigenvalue weighted by Gasteiger charge is 2.56. The number of imide groups is 1. The topological polar surface area (TPSA) is 46.6 Å². The van der Waals surface area contributed by atoms with Crippen molar-refractivity contribution in [2.75, 3.05) is 4.90 Å². The number of hydrogen-bond acceptors (Lipinski definition) is 3. The van der Waals surface area contributed by atoms with Gasteiger partial charge < -0.3 is 4.74 Å². The van der Waals surface area contributed by atoms with Gasteiger partial charge in [-0.25, -0.2) is 14.1 Å². The zero-order valence-corrected chi connectivity index (χ0v) is 14.7. The number of anilines is 1. The molecule has 0 fully saturated rings. The fourth-order valence-corrected chi connectivity index (χ4v) is 2.94. The molecule has 0 N–H and O–H groups in total. The summed E-state index contributed by atoms with van der Waals surface area (Å²) in [5.41, 5.74) is -1.84. The molecule has 1 atom stereocenters. The third kappa shape index (κ3) is 2.80. The zero-order valence-electron chi connectivity index (χ0n) is 14.7. The van der Waals surface area contributed by atoms with E-state index in [9.17, 15) is 9.59 Å². The van der Waals surface area contributed by atoms with E-state index in [1.54, 1.807) is 69.3 Å². The standard InChI is InChI=1S/C20H20FNO3/c1-13-10-11-16-15(12-13)20(21,14-8-6-5-7-9-14)17(23)22(16)18(24)25-19(2,3)4/h5-12H,1-4H3/t20-/m0/s1. The van der Waals surface area contributed by atoms with E-state index in [0.717, 1.165) is 10.5 Å². The molecule has 130 valence electrons. The molecule has 2 aromatic rings. The third-order valence-corrected chi connectivity index (χ3v) is 4.01. The molecule has 0 saturated carbocycles. The Hall–Kier alpha value is -2.69. The molecule has 0 aliphatic carbocycles. The predicted octanol–water partition coefficient (Wildman–Crippen LogP) is 4.49. The molecule has 0 unspecified atom stereocenters. The van der Waals surface area contributed by atoms with Crippen molar-refractivity contribution in [3.05, 3.63) is 65.2 Å². The van der Waals surface area contributed by atoms with Gasteiger partial charge in [0.25, 0.3) is 5.91 Å². The second-order valence-electron chi connectivity index (χ2n) is 7.17. The summed E-state index contributed by atoms with van der Waals surface area (Å²) >= 11 is 0. The van der Waals surface area contributed by atoms with E-state index < -0.39 is 23.3 Å². The predicted molar refractivity (Wildman–Crippen MR) is 93.2 cm³/mol. The van der Waals surface area contributed by atoms with Crippen molar-refractivity contribution in [2.24, 2.45) is 0 Å².